The maximum Gasteiger partial charge on any atom is 0.240 e. The molecule has 3 aromatic rings. The van der Waals surface area contributed by atoms with Crippen LogP contribution in [0.15, 0.2) is 53.6 Å². The van der Waals surface area contributed by atoms with E-state index in [2.05, 4.69) is 30.3 Å². The third-order valence-corrected chi connectivity index (χ3v) is 5.85. The van der Waals surface area contributed by atoms with Crippen molar-refractivity contribution in [2.45, 2.75) is 32.1 Å². The lowest BCUT2D eigenvalue weighted by molar-refractivity contribution is 0.583. The molecule has 0 atom stereocenters. The summed E-state index contributed by atoms with van der Waals surface area (Å²) >= 11 is 0. The topological polar surface area (TPSA) is 109 Å². The van der Waals surface area contributed by atoms with E-state index in [9.17, 15) is 8.42 Å². The van der Waals surface area contributed by atoms with Crippen LogP contribution < -0.4 is 15.4 Å². The van der Waals surface area contributed by atoms with Gasteiger partial charge in [-0.1, -0.05) is 19.1 Å². The molecule has 0 fully saturated rings. The van der Waals surface area contributed by atoms with Crippen LogP contribution in [0.2, 0.25) is 0 Å². The summed E-state index contributed by atoms with van der Waals surface area (Å²) in [5, 5.41) is 6.28. The van der Waals surface area contributed by atoms with Crippen molar-refractivity contribution in [3.8, 4) is 0 Å². The highest BCUT2D eigenvalue weighted by molar-refractivity contribution is 7.89. The normalized spacial score (nSPS) is 11.3. The van der Waals surface area contributed by atoms with Gasteiger partial charge in [0.15, 0.2) is 0 Å². The van der Waals surface area contributed by atoms with E-state index in [4.69, 9.17) is 0 Å². The number of hydrogen-bond acceptors (Lipinski definition) is 7. The fourth-order valence-corrected chi connectivity index (χ4v) is 3.85. The number of nitrogens with one attached hydrogen (secondary N) is 3. The van der Waals surface area contributed by atoms with E-state index in [1.54, 1.807) is 31.3 Å². The van der Waals surface area contributed by atoms with Gasteiger partial charge in [0, 0.05) is 25.4 Å². The number of sulfonamides is 1. The van der Waals surface area contributed by atoms with Crippen LogP contribution in [-0.4, -0.2) is 36.5 Å². The highest BCUT2D eigenvalue weighted by Crippen LogP contribution is 2.16. The lowest BCUT2D eigenvalue weighted by Crippen LogP contribution is -2.29. The molecule has 3 rings (SSSR count). The maximum absolute atomic E-state index is 12.4. The number of anilines is 3. The molecule has 30 heavy (non-hydrogen) atoms. The van der Waals surface area contributed by atoms with Gasteiger partial charge in [0.05, 0.1) is 4.90 Å². The Labute approximate surface area is 177 Å². The average molecular weight is 427 g/mol. The van der Waals surface area contributed by atoms with Gasteiger partial charge in [0.2, 0.25) is 10.0 Å². The lowest BCUT2D eigenvalue weighted by atomic mass is 10.2. The Kier molecular flexibility index (Phi) is 6.96. The molecule has 0 aliphatic heterocycles. The summed E-state index contributed by atoms with van der Waals surface area (Å²) in [6.07, 6.45) is 2.60. The van der Waals surface area contributed by atoms with Gasteiger partial charge in [-0.05, 0) is 55.7 Å². The van der Waals surface area contributed by atoms with E-state index in [0.717, 1.165) is 17.5 Å². The molecule has 0 saturated heterocycles. The second kappa shape index (κ2) is 9.64. The quantitative estimate of drug-likeness (QED) is 0.451. The van der Waals surface area contributed by atoms with Crippen LogP contribution in [-0.2, 0) is 16.4 Å². The van der Waals surface area contributed by atoms with E-state index < -0.39 is 10.0 Å². The standard InChI is InChI=1S/C21H26N6O2S/c1-4-17-5-7-18(8-6-17)30(28,29)24-12-11-23-20-14-21(26-16(3)25-20)27-19-13-15(2)9-10-22-19/h5-10,13-14,24H,4,11-12H2,1-3H3,(H2,22,23,25,26,27). The van der Waals surface area contributed by atoms with Crippen LogP contribution in [0.1, 0.15) is 23.9 Å². The van der Waals surface area contributed by atoms with Crippen LogP contribution >= 0.6 is 0 Å². The molecule has 1 aromatic carbocycles. The summed E-state index contributed by atoms with van der Waals surface area (Å²) in [5.41, 5.74) is 2.19. The van der Waals surface area contributed by atoms with Crippen molar-refractivity contribution >= 4 is 27.5 Å². The van der Waals surface area contributed by atoms with Crippen molar-refractivity contribution in [2.75, 3.05) is 23.7 Å². The Bertz CT molecular complexity index is 1100. The molecule has 8 nitrogen and oxygen atoms in total. The van der Waals surface area contributed by atoms with E-state index in [-0.39, 0.29) is 11.4 Å². The van der Waals surface area contributed by atoms with Crippen molar-refractivity contribution in [1.29, 1.82) is 0 Å². The number of aryl methyl sites for hydroxylation is 3. The van der Waals surface area contributed by atoms with E-state index >= 15 is 0 Å². The molecule has 0 aliphatic carbocycles. The van der Waals surface area contributed by atoms with Gasteiger partial charge in [-0.3, -0.25) is 0 Å². The largest absolute Gasteiger partial charge is 0.369 e. The average Bonchev–Trinajstić information content (AvgIpc) is 2.71. The Hall–Kier alpha value is -3.04. The molecule has 2 heterocycles. The molecule has 9 heteroatoms. The van der Waals surface area contributed by atoms with E-state index in [0.29, 0.717) is 29.8 Å². The Balaban J connectivity index is 1.57. The number of nitrogens with zero attached hydrogens (tertiary/aromatic N) is 3. The fraction of sp³-hybridized carbons (Fsp3) is 0.286. The van der Waals surface area contributed by atoms with Gasteiger partial charge in [-0.25, -0.2) is 28.1 Å². The second-order valence-electron chi connectivity index (χ2n) is 6.85. The van der Waals surface area contributed by atoms with Gasteiger partial charge in [0.25, 0.3) is 0 Å². The number of aromatic nitrogens is 3. The first-order chi connectivity index (χ1) is 14.4. The molecule has 0 unspecified atom stereocenters. The lowest BCUT2D eigenvalue weighted by Gasteiger charge is -2.11. The molecule has 0 spiro atoms. The summed E-state index contributed by atoms with van der Waals surface area (Å²) < 4.78 is 27.4. The fourth-order valence-electron chi connectivity index (χ4n) is 2.82. The highest BCUT2D eigenvalue weighted by Gasteiger charge is 2.13. The van der Waals surface area contributed by atoms with Crippen LogP contribution in [0.5, 0.6) is 0 Å². The zero-order valence-electron chi connectivity index (χ0n) is 17.3. The second-order valence-corrected chi connectivity index (χ2v) is 8.62. The Morgan fingerprint density at radius 3 is 2.33 bits per heavy atom. The van der Waals surface area contributed by atoms with E-state index in [1.165, 1.54) is 0 Å². The van der Waals surface area contributed by atoms with E-state index in [1.807, 2.05) is 38.1 Å². The summed E-state index contributed by atoms with van der Waals surface area (Å²) in [4.78, 5) is 13.2. The molecule has 0 bridgehead atoms. The maximum atomic E-state index is 12.4. The van der Waals surface area contributed by atoms with Gasteiger partial charge >= 0.3 is 0 Å². The predicted molar refractivity (Wildman–Crippen MR) is 119 cm³/mol. The third kappa shape index (κ3) is 5.98. The number of rotatable bonds is 9. The SMILES string of the molecule is CCc1ccc(S(=O)(=O)NCCNc2cc(Nc3cc(C)ccn3)nc(C)n2)cc1. The number of benzene rings is 1. The van der Waals surface area contributed by atoms with Gasteiger partial charge in [0.1, 0.15) is 23.3 Å². The first-order valence-corrected chi connectivity index (χ1v) is 11.2. The first kappa shape index (κ1) is 21.7. The van der Waals surface area contributed by atoms with Crippen molar-refractivity contribution in [1.82, 2.24) is 19.7 Å². The van der Waals surface area contributed by atoms with Gasteiger partial charge < -0.3 is 10.6 Å². The third-order valence-electron chi connectivity index (χ3n) is 4.37. The van der Waals surface area contributed by atoms with Gasteiger partial charge in [-0.15, -0.1) is 0 Å². The molecule has 0 amide bonds. The van der Waals surface area contributed by atoms with Gasteiger partial charge in [-0.2, -0.15) is 0 Å². The monoisotopic (exact) mass is 426 g/mol. The van der Waals surface area contributed by atoms with Crippen molar-refractivity contribution in [2.24, 2.45) is 0 Å². The van der Waals surface area contributed by atoms with Crippen LogP contribution in [0.25, 0.3) is 0 Å². The Morgan fingerprint density at radius 2 is 1.63 bits per heavy atom. The summed E-state index contributed by atoms with van der Waals surface area (Å²) in [6.45, 7) is 6.42. The highest BCUT2D eigenvalue weighted by atomic mass is 32.2. The smallest absolute Gasteiger partial charge is 0.240 e. The summed E-state index contributed by atoms with van der Waals surface area (Å²) in [7, 11) is -3.54. The number of hydrogen-bond donors (Lipinski definition) is 3. The number of pyridine rings is 1. The van der Waals surface area contributed by atoms with Crippen molar-refractivity contribution in [3.63, 3.8) is 0 Å². The Morgan fingerprint density at radius 1 is 0.900 bits per heavy atom. The molecule has 158 valence electrons. The van der Waals surface area contributed by atoms with Crippen LogP contribution in [0.3, 0.4) is 0 Å². The van der Waals surface area contributed by atoms with Crippen molar-refractivity contribution in [3.05, 3.63) is 65.6 Å². The minimum absolute atomic E-state index is 0.225. The summed E-state index contributed by atoms with van der Waals surface area (Å²) in [6, 6.07) is 12.5. The zero-order chi connectivity index (χ0) is 21.6. The molecular weight excluding hydrogens is 400 g/mol. The van der Waals surface area contributed by atoms with Crippen LogP contribution in [0, 0.1) is 13.8 Å². The van der Waals surface area contributed by atoms with Crippen LogP contribution in [0.4, 0.5) is 17.5 Å². The molecule has 0 saturated carbocycles. The molecular formula is C21H26N6O2S. The zero-order valence-corrected chi connectivity index (χ0v) is 18.1. The molecule has 2 aromatic heterocycles. The molecule has 0 radical (unpaired) electrons. The minimum atomic E-state index is -3.54. The van der Waals surface area contributed by atoms with Crippen molar-refractivity contribution < 1.29 is 8.42 Å². The molecule has 0 aliphatic rings. The summed E-state index contributed by atoms with van der Waals surface area (Å²) in [5.74, 6) is 2.50. The minimum Gasteiger partial charge on any atom is -0.369 e. The first-order valence-electron chi connectivity index (χ1n) is 9.73. The predicted octanol–water partition coefficient (Wildman–Crippen LogP) is 3.18. The molecule has 3 N–H and O–H groups in total.